The van der Waals surface area contributed by atoms with E-state index in [1.807, 2.05) is 0 Å². The number of amides is 2. The van der Waals surface area contributed by atoms with Crippen molar-refractivity contribution in [2.24, 2.45) is 0 Å². The molecule has 0 aromatic heterocycles. The number of carbonyl (C=O) groups is 2. The summed E-state index contributed by atoms with van der Waals surface area (Å²) >= 11 is 0. The van der Waals surface area contributed by atoms with Gasteiger partial charge in [-0.15, -0.1) is 0 Å². The Morgan fingerprint density at radius 1 is 1.28 bits per heavy atom. The number of hydrogen-bond acceptors (Lipinski definition) is 5. The van der Waals surface area contributed by atoms with E-state index in [2.05, 4.69) is 11.4 Å². The summed E-state index contributed by atoms with van der Waals surface area (Å²) in [6.45, 7) is 2.18. The zero-order valence-corrected chi connectivity index (χ0v) is 17.8. The maximum atomic E-state index is 13.1. The molecule has 1 N–H and O–H groups in total. The molecule has 158 valence electrons. The molecule has 1 heterocycles. The van der Waals surface area contributed by atoms with Gasteiger partial charge >= 0.3 is 0 Å². The van der Waals surface area contributed by atoms with Crippen LogP contribution < -0.4 is 10.1 Å². The predicted molar refractivity (Wildman–Crippen MR) is 109 cm³/mol. The number of aryl methyl sites for hydroxylation is 1. The van der Waals surface area contributed by atoms with Crippen LogP contribution >= 0.6 is 0 Å². The normalized spacial score (nSPS) is 19.8. The lowest BCUT2D eigenvalue weighted by Crippen LogP contribution is -2.47. The third-order valence-corrected chi connectivity index (χ3v) is 7.34. The first kappa shape index (κ1) is 21.4. The van der Waals surface area contributed by atoms with Gasteiger partial charge in [0.1, 0.15) is 11.8 Å². The maximum absolute atomic E-state index is 13.1. The van der Waals surface area contributed by atoms with Crippen LogP contribution in [0.15, 0.2) is 34.7 Å². The minimum Gasteiger partial charge on any atom is -0.496 e. The number of allylic oxidation sites excluding steroid dienone is 1. The molecule has 1 aromatic carbocycles. The summed E-state index contributed by atoms with van der Waals surface area (Å²) in [5.74, 6) is -0.405. The summed E-state index contributed by atoms with van der Waals surface area (Å²) in [6.07, 6.45) is 7.72. The van der Waals surface area contributed by atoms with Crippen molar-refractivity contribution < 1.29 is 22.7 Å². The van der Waals surface area contributed by atoms with Crippen LogP contribution in [-0.2, 0) is 19.6 Å². The first-order chi connectivity index (χ1) is 13.8. The van der Waals surface area contributed by atoms with Gasteiger partial charge in [0.2, 0.25) is 11.8 Å². The Labute approximate surface area is 172 Å². The summed E-state index contributed by atoms with van der Waals surface area (Å²) in [4.78, 5) is 25.0. The molecule has 0 radical (unpaired) electrons. The molecule has 1 aliphatic carbocycles. The van der Waals surface area contributed by atoms with Crippen LogP contribution in [0.2, 0.25) is 0 Å². The maximum Gasteiger partial charge on any atom is 0.267 e. The lowest BCUT2D eigenvalue weighted by molar-refractivity contribution is -0.130. The lowest BCUT2D eigenvalue weighted by atomic mass is 9.97. The molecular weight excluding hydrogens is 392 g/mol. The molecule has 8 heteroatoms. The Hall–Kier alpha value is -2.35. The van der Waals surface area contributed by atoms with Gasteiger partial charge in [-0.25, -0.2) is 12.7 Å². The summed E-state index contributed by atoms with van der Waals surface area (Å²) in [5.41, 5.74) is 1.97. The highest BCUT2D eigenvalue weighted by Gasteiger charge is 2.44. The summed E-state index contributed by atoms with van der Waals surface area (Å²) < 4.78 is 32.1. The van der Waals surface area contributed by atoms with E-state index < -0.39 is 27.9 Å². The van der Waals surface area contributed by atoms with E-state index in [0.717, 1.165) is 23.6 Å². The summed E-state index contributed by atoms with van der Waals surface area (Å²) in [7, 11) is -2.61. The van der Waals surface area contributed by atoms with Crippen LogP contribution in [-0.4, -0.2) is 44.2 Å². The monoisotopic (exact) mass is 420 g/mol. The Balaban J connectivity index is 1.72. The van der Waals surface area contributed by atoms with E-state index in [-0.39, 0.29) is 17.7 Å². The van der Waals surface area contributed by atoms with Crippen molar-refractivity contribution in [3.05, 3.63) is 35.4 Å². The van der Waals surface area contributed by atoms with E-state index in [0.29, 0.717) is 17.9 Å². The molecule has 1 atom stereocenters. The van der Waals surface area contributed by atoms with Crippen LogP contribution in [0.25, 0.3) is 0 Å². The van der Waals surface area contributed by atoms with Gasteiger partial charge in [0.05, 0.1) is 12.0 Å². The highest BCUT2D eigenvalue weighted by atomic mass is 32.2. The second-order valence-corrected chi connectivity index (χ2v) is 9.34. The second-order valence-electron chi connectivity index (χ2n) is 7.53. The number of carbonyl (C=O) groups excluding carboxylic acids is 2. The quantitative estimate of drug-likeness (QED) is 0.685. The second kappa shape index (κ2) is 8.98. The lowest BCUT2D eigenvalue weighted by Gasteiger charge is -2.24. The fraction of sp³-hybridized carbons (Fsp3) is 0.524. The van der Waals surface area contributed by atoms with E-state index in [4.69, 9.17) is 4.74 Å². The zero-order chi connectivity index (χ0) is 21.0. The first-order valence-corrected chi connectivity index (χ1v) is 11.5. The van der Waals surface area contributed by atoms with Crippen molar-refractivity contribution in [3.63, 3.8) is 0 Å². The molecule has 29 heavy (non-hydrogen) atoms. The van der Waals surface area contributed by atoms with E-state index in [9.17, 15) is 18.0 Å². The van der Waals surface area contributed by atoms with Gasteiger partial charge in [-0.05, 0) is 69.2 Å². The summed E-state index contributed by atoms with van der Waals surface area (Å²) in [5, 5.41) is 2.82. The molecule has 0 spiro atoms. The van der Waals surface area contributed by atoms with Crippen molar-refractivity contribution in [2.75, 3.05) is 13.7 Å². The van der Waals surface area contributed by atoms with Crippen molar-refractivity contribution in [1.29, 1.82) is 0 Å². The molecule has 2 aliphatic rings. The number of methoxy groups -OCH3 is 1. The van der Waals surface area contributed by atoms with Crippen LogP contribution in [0, 0.1) is 6.92 Å². The molecular formula is C21H28N2O5S. The van der Waals surface area contributed by atoms with Gasteiger partial charge in [-0.3, -0.25) is 9.59 Å². The number of ether oxygens (including phenoxy) is 1. The van der Waals surface area contributed by atoms with Crippen molar-refractivity contribution >= 4 is 21.8 Å². The van der Waals surface area contributed by atoms with E-state index in [1.165, 1.54) is 37.7 Å². The topological polar surface area (TPSA) is 92.8 Å². The average Bonchev–Trinajstić information content (AvgIpc) is 3.11. The van der Waals surface area contributed by atoms with Gasteiger partial charge in [-0.2, -0.15) is 0 Å². The molecule has 1 saturated heterocycles. The van der Waals surface area contributed by atoms with Gasteiger partial charge in [-0.1, -0.05) is 11.6 Å². The molecule has 0 saturated carbocycles. The predicted octanol–water partition coefficient (Wildman–Crippen LogP) is 2.69. The molecule has 1 fully saturated rings. The third-order valence-electron chi connectivity index (χ3n) is 5.52. The number of sulfonamides is 1. The Bertz CT molecular complexity index is 923. The largest absolute Gasteiger partial charge is 0.496 e. The van der Waals surface area contributed by atoms with Crippen LogP contribution in [0.5, 0.6) is 5.75 Å². The van der Waals surface area contributed by atoms with Crippen LogP contribution in [0.1, 0.15) is 50.5 Å². The zero-order valence-electron chi connectivity index (χ0n) is 16.9. The van der Waals surface area contributed by atoms with Gasteiger partial charge in [0, 0.05) is 13.0 Å². The summed E-state index contributed by atoms with van der Waals surface area (Å²) in [6, 6.07) is 3.41. The van der Waals surface area contributed by atoms with Gasteiger partial charge in [0.25, 0.3) is 10.0 Å². The molecule has 2 amide bonds. The Morgan fingerprint density at radius 3 is 2.72 bits per heavy atom. The number of benzene rings is 1. The minimum absolute atomic E-state index is 0.0174. The third kappa shape index (κ3) is 4.63. The molecule has 0 bridgehead atoms. The number of nitrogens with one attached hydrogen (secondary N) is 1. The molecule has 1 aromatic rings. The number of rotatable bonds is 7. The van der Waals surface area contributed by atoms with Crippen LogP contribution in [0.4, 0.5) is 0 Å². The molecule has 0 unspecified atom stereocenters. The Morgan fingerprint density at radius 2 is 2.07 bits per heavy atom. The molecule has 3 rings (SSSR count). The SMILES string of the molecule is COc1ccc(S(=O)(=O)N2C(=O)CC[C@H]2C(=O)NCCC2=CCCCC2)cc1C. The molecule has 7 nitrogen and oxygen atoms in total. The number of nitrogens with zero attached hydrogens (tertiary/aromatic N) is 1. The van der Waals surface area contributed by atoms with Gasteiger partial charge in [0.15, 0.2) is 0 Å². The highest BCUT2D eigenvalue weighted by Crippen LogP contribution is 2.30. The average molecular weight is 421 g/mol. The molecule has 1 aliphatic heterocycles. The number of hydrogen-bond donors (Lipinski definition) is 1. The smallest absolute Gasteiger partial charge is 0.267 e. The van der Waals surface area contributed by atoms with Crippen LogP contribution in [0.3, 0.4) is 0 Å². The highest BCUT2D eigenvalue weighted by molar-refractivity contribution is 7.89. The fourth-order valence-corrected chi connectivity index (χ4v) is 5.61. The standard InChI is InChI=1S/C21H28N2O5S/c1-15-14-17(8-10-19(15)28-2)29(26,27)23-18(9-11-20(23)24)21(25)22-13-12-16-6-4-3-5-7-16/h6,8,10,14,18H,3-5,7,9,11-13H2,1-2H3,(H,22,25)/t18-/m0/s1. The van der Waals surface area contributed by atoms with Crippen molar-refractivity contribution in [3.8, 4) is 5.75 Å². The van der Waals surface area contributed by atoms with E-state index in [1.54, 1.807) is 13.0 Å². The first-order valence-electron chi connectivity index (χ1n) is 10.0. The minimum atomic E-state index is -4.12. The van der Waals surface area contributed by atoms with E-state index >= 15 is 0 Å². The Kier molecular flexibility index (Phi) is 6.62. The fourth-order valence-electron chi connectivity index (χ4n) is 3.92. The van der Waals surface area contributed by atoms with Crippen molar-refractivity contribution in [2.45, 2.75) is 62.8 Å². The van der Waals surface area contributed by atoms with Gasteiger partial charge < -0.3 is 10.1 Å². The van der Waals surface area contributed by atoms with Crippen molar-refractivity contribution in [1.82, 2.24) is 9.62 Å².